The summed E-state index contributed by atoms with van der Waals surface area (Å²) in [5.74, 6) is -0.997. The summed E-state index contributed by atoms with van der Waals surface area (Å²) in [6.45, 7) is 3.85. The summed E-state index contributed by atoms with van der Waals surface area (Å²) in [6, 6.07) is 3.38. The molecule has 3 heterocycles. The summed E-state index contributed by atoms with van der Waals surface area (Å²) < 4.78 is 28.6. The van der Waals surface area contributed by atoms with E-state index in [9.17, 15) is 18.7 Å². The zero-order valence-electron chi connectivity index (χ0n) is 17.5. The summed E-state index contributed by atoms with van der Waals surface area (Å²) in [7, 11) is 0. The van der Waals surface area contributed by atoms with E-state index in [0.29, 0.717) is 62.3 Å². The Kier molecular flexibility index (Phi) is 6.03. The Bertz CT molecular complexity index is 918. The zero-order chi connectivity index (χ0) is 22.0. The van der Waals surface area contributed by atoms with Crippen molar-refractivity contribution >= 4 is 17.7 Å². The number of halogens is 2. The lowest BCUT2D eigenvalue weighted by molar-refractivity contribution is -0.129. The van der Waals surface area contributed by atoms with E-state index in [2.05, 4.69) is 25.3 Å². The minimum atomic E-state index is -2.60. The van der Waals surface area contributed by atoms with E-state index in [-0.39, 0.29) is 31.4 Å². The Hall–Kier alpha value is -2.82. The van der Waals surface area contributed by atoms with Gasteiger partial charge in [0.2, 0.25) is 17.8 Å². The lowest BCUT2D eigenvalue weighted by Gasteiger charge is -2.35. The molecule has 2 aromatic rings. The number of hydrogen-bond donors (Lipinski definition) is 2. The van der Waals surface area contributed by atoms with Crippen molar-refractivity contribution in [3.05, 3.63) is 24.0 Å². The van der Waals surface area contributed by atoms with Crippen molar-refractivity contribution in [2.24, 2.45) is 0 Å². The van der Waals surface area contributed by atoms with Crippen LogP contribution in [-0.2, 0) is 11.4 Å². The van der Waals surface area contributed by atoms with Crippen LogP contribution in [0.2, 0.25) is 0 Å². The van der Waals surface area contributed by atoms with E-state index >= 15 is 0 Å². The van der Waals surface area contributed by atoms with Crippen molar-refractivity contribution < 1.29 is 18.7 Å². The normalized spacial score (nSPS) is 19.5. The van der Waals surface area contributed by atoms with Gasteiger partial charge in [-0.25, -0.2) is 13.5 Å². The number of nitrogens with one attached hydrogen (secondary N) is 1. The molecular formula is C20H27F2N7O2. The molecule has 0 atom stereocenters. The Morgan fingerprint density at radius 3 is 2.48 bits per heavy atom. The summed E-state index contributed by atoms with van der Waals surface area (Å²) in [5.41, 5.74) is 0.513. The van der Waals surface area contributed by atoms with Crippen LogP contribution < -0.4 is 10.2 Å². The molecule has 31 heavy (non-hydrogen) atoms. The first-order chi connectivity index (χ1) is 14.8. The second-order valence-electron chi connectivity index (χ2n) is 8.09. The Morgan fingerprint density at radius 2 is 1.87 bits per heavy atom. The van der Waals surface area contributed by atoms with Crippen LogP contribution in [-0.4, -0.2) is 73.8 Å². The number of carbonyl (C=O) groups excluding carboxylic acids is 1. The first-order valence-electron chi connectivity index (χ1n) is 10.5. The van der Waals surface area contributed by atoms with Crippen LogP contribution in [0.3, 0.4) is 0 Å². The van der Waals surface area contributed by atoms with Gasteiger partial charge in [-0.15, -0.1) is 0 Å². The largest absolute Gasteiger partial charge is 0.390 e. The number of alkyl halides is 2. The standard InChI is InChI=1S/C20H27F2N7O2/c1-14(31)27-8-10-28(11-9-27)17-12-18(29-7-4-16(13-30)26-29)25-19(24-17)23-15-2-5-20(21,22)6-3-15/h4,7,12,15,30H,2-3,5-6,8-11,13H2,1H3,(H,23,24,25). The van der Waals surface area contributed by atoms with E-state index in [4.69, 9.17) is 0 Å². The van der Waals surface area contributed by atoms with Gasteiger partial charge in [-0.05, 0) is 18.9 Å². The quantitative estimate of drug-likeness (QED) is 0.739. The van der Waals surface area contributed by atoms with E-state index < -0.39 is 5.92 Å². The molecule has 2 aliphatic rings. The molecule has 2 aromatic heterocycles. The number of rotatable bonds is 5. The summed E-state index contributed by atoms with van der Waals surface area (Å²) in [5, 5.41) is 16.8. The first kappa shape index (κ1) is 21.4. The van der Waals surface area contributed by atoms with Gasteiger partial charge in [0.15, 0.2) is 5.82 Å². The Balaban J connectivity index is 1.57. The van der Waals surface area contributed by atoms with E-state index in [1.807, 2.05) is 0 Å². The average Bonchev–Trinajstić information content (AvgIpc) is 3.25. The third kappa shape index (κ3) is 5.09. The second-order valence-corrected chi connectivity index (χ2v) is 8.09. The molecule has 1 aliphatic carbocycles. The molecule has 4 rings (SSSR count). The molecule has 0 spiro atoms. The van der Waals surface area contributed by atoms with Crippen molar-refractivity contribution in [1.82, 2.24) is 24.6 Å². The fourth-order valence-electron chi connectivity index (χ4n) is 3.96. The van der Waals surface area contributed by atoms with Crippen LogP contribution in [0.15, 0.2) is 18.3 Å². The van der Waals surface area contributed by atoms with Crippen molar-refractivity contribution in [2.45, 2.75) is 51.2 Å². The van der Waals surface area contributed by atoms with Gasteiger partial charge in [-0.3, -0.25) is 4.79 Å². The maximum atomic E-state index is 13.5. The topological polar surface area (TPSA) is 99.4 Å². The van der Waals surface area contributed by atoms with Gasteiger partial charge in [0, 0.05) is 64.2 Å². The molecular weight excluding hydrogens is 408 g/mol. The van der Waals surface area contributed by atoms with Gasteiger partial charge in [0.1, 0.15) is 5.82 Å². The summed E-state index contributed by atoms with van der Waals surface area (Å²) >= 11 is 0. The SMILES string of the molecule is CC(=O)N1CCN(c2cc(-n3ccc(CO)n3)nc(NC3CCC(F)(F)CC3)n2)CC1. The third-order valence-corrected chi connectivity index (χ3v) is 5.84. The fourth-order valence-corrected chi connectivity index (χ4v) is 3.96. The number of hydrogen-bond acceptors (Lipinski definition) is 7. The summed E-state index contributed by atoms with van der Waals surface area (Å²) in [6.07, 6.45) is 2.11. The number of aliphatic hydroxyl groups is 1. The number of amides is 1. The van der Waals surface area contributed by atoms with E-state index in [0.717, 1.165) is 0 Å². The third-order valence-electron chi connectivity index (χ3n) is 5.84. The first-order valence-corrected chi connectivity index (χ1v) is 10.5. The van der Waals surface area contributed by atoms with E-state index in [1.54, 1.807) is 34.8 Å². The molecule has 1 saturated heterocycles. The lowest BCUT2D eigenvalue weighted by Crippen LogP contribution is -2.48. The average molecular weight is 435 g/mol. The van der Waals surface area contributed by atoms with Crippen molar-refractivity contribution in [2.75, 3.05) is 36.4 Å². The number of anilines is 2. The molecule has 1 amide bonds. The number of aromatic nitrogens is 4. The molecule has 2 N–H and O–H groups in total. The molecule has 2 fully saturated rings. The number of piperazine rings is 1. The van der Waals surface area contributed by atoms with Gasteiger partial charge in [-0.1, -0.05) is 0 Å². The highest BCUT2D eigenvalue weighted by atomic mass is 19.3. The van der Waals surface area contributed by atoms with Crippen molar-refractivity contribution in [1.29, 1.82) is 0 Å². The van der Waals surface area contributed by atoms with Crippen molar-refractivity contribution in [3.8, 4) is 5.82 Å². The van der Waals surface area contributed by atoms with Crippen LogP contribution in [0.4, 0.5) is 20.5 Å². The maximum Gasteiger partial charge on any atom is 0.248 e. The Labute approximate surface area is 179 Å². The molecule has 9 nitrogen and oxygen atoms in total. The number of carbonyl (C=O) groups is 1. The number of aliphatic hydroxyl groups excluding tert-OH is 1. The Morgan fingerprint density at radius 1 is 1.19 bits per heavy atom. The minimum absolute atomic E-state index is 0.0487. The van der Waals surface area contributed by atoms with Gasteiger partial charge in [0.25, 0.3) is 0 Å². The van der Waals surface area contributed by atoms with Crippen LogP contribution in [0.1, 0.15) is 38.3 Å². The fraction of sp³-hybridized carbons (Fsp3) is 0.600. The molecule has 0 unspecified atom stereocenters. The molecule has 0 aromatic carbocycles. The van der Waals surface area contributed by atoms with E-state index in [1.165, 1.54) is 0 Å². The van der Waals surface area contributed by atoms with Crippen LogP contribution in [0.5, 0.6) is 0 Å². The van der Waals surface area contributed by atoms with Gasteiger partial charge in [-0.2, -0.15) is 15.1 Å². The van der Waals surface area contributed by atoms with Crippen LogP contribution in [0.25, 0.3) is 5.82 Å². The smallest absolute Gasteiger partial charge is 0.248 e. The molecule has 11 heteroatoms. The predicted octanol–water partition coefficient (Wildman–Crippen LogP) is 1.81. The second kappa shape index (κ2) is 8.74. The molecule has 0 bridgehead atoms. The van der Waals surface area contributed by atoms with Crippen molar-refractivity contribution in [3.63, 3.8) is 0 Å². The minimum Gasteiger partial charge on any atom is -0.390 e. The monoisotopic (exact) mass is 435 g/mol. The van der Waals surface area contributed by atoms with Crippen LogP contribution in [0, 0.1) is 0 Å². The molecule has 1 aliphatic heterocycles. The molecule has 1 saturated carbocycles. The van der Waals surface area contributed by atoms with Crippen LogP contribution >= 0.6 is 0 Å². The number of nitrogens with zero attached hydrogens (tertiary/aromatic N) is 6. The maximum absolute atomic E-state index is 13.5. The predicted molar refractivity (Wildman–Crippen MR) is 110 cm³/mol. The lowest BCUT2D eigenvalue weighted by atomic mass is 9.92. The highest BCUT2D eigenvalue weighted by molar-refractivity contribution is 5.73. The summed E-state index contributed by atoms with van der Waals surface area (Å²) in [4.78, 5) is 24.7. The van der Waals surface area contributed by atoms with Gasteiger partial charge >= 0.3 is 0 Å². The molecule has 168 valence electrons. The van der Waals surface area contributed by atoms with Gasteiger partial charge in [0.05, 0.1) is 12.3 Å². The highest BCUT2D eigenvalue weighted by Gasteiger charge is 2.35. The highest BCUT2D eigenvalue weighted by Crippen LogP contribution is 2.34. The molecule has 0 radical (unpaired) electrons. The zero-order valence-corrected chi connectivity index (χ0v) is 17.5. The van der Waals surface area contributed by atoms with Gasteiger partial charge < -0.3 is 20.2 Å².